The topological polar surface area (TPSA) is 17.1 Å². The maximum Gasteiger partial charge on any atom is 0.143 e. The zero-order valence-electron chi connectivity index (χ0n) is 6.37. The molecule has 2 rings (SSSR count). The van der Waals surface area contributed by atoms with Crippen molar-refractivity contribution in [3.05, 3.63) is 12.2 Å². The highest BCUT2D eigenvalue weighted by atomic mass is 16.1. The van der Waals surface area contributed by atoms with E-state index in [2.05, 4.69) is 19.1 Å². The third-order valence-corrected chi connectivity index (χ3v) is 3.07. The van der Waals surface area contributed by atoms with Gasteiger partial charge >= 0.3 is 0 Å². The molecule has 0 aromatic carbocycles. The number of allylic oxidation sites excluding steroid dienone is 2. The highest BCUT2D eigenvalue weighted by Crippen LogP contribution is 2.44. The van der Waals surface area contributed by atoms with Crippen LogP contribution in [0.2, 0.25) is 0 Å². The number of hydrogen-bond donors (Lipinski definition) is 0. The molecule has 54 valence electrons. The second-order valence-corrected chi connectivity index (χ2v) is 3.54. The van der Waals surface area contributed by atoms with Crippen LogP contribution in [0.3, 0.4) is 0 Å². The minimum absolute atomic E-state index is 0.264. The van der Waals surface area contributed by atoms with Crippen molar-refractivity contribution >= 4 is 5.78 Å². The Kier molecular flexibility index (Phi) is 1.05. The molecule has 0 saturated heterocycles. The summed E-state index contributed by atoms with van der Waals surface area (Å²) >= 11 is 0. The molecule has 0 aliphatic heterocycles. The largest absolute Gasteiger partial charge is 0.299 e. The van der Waals surface area contributed by atoms with Gasteiger partial charge in [-0.2, -0.15) is 0 Å². The van der Waals surface area contributed by atoms with Crippen LogP contribution < -0.4 is 0 Å². The van der Waals surface area contributed by atoms with E-state index in [0.717, 1.165) is 0 Å². The van der Waals surface area contributed by atoms with Gasteiger partial charge in [0.05, 0.1) is 0 Å². The first kappa shape index (κ1) is 6.14. The van der Waals surface area contributed by atoms with Crippen molar-refractivity contribution in [3.8, 4) is 0 Å². The fraction of sp³-hybridized carbons (Fsp3) is 0.667. The Morgan fingerprint density at radius 2 is 2.00 bits per heavy atom. The summed E-state index contributed by atoms with van der Waals surface area (Å²) < 4.78 is 0. The number of Topliss-reactive ketones (excluding diaryl/α,β-unsaturated/α-hetero) is 1. The molecule has 4 atom stereocenters. The average Bonchev–Trinajstić information content (AvgIpc) is 2.34. The molecule has 0 spiro atoms. The lowest BCUT2D eigenvalue weighted by atomic mass is 9.93. The molecule has 0 unspecified atom stereocenters. The lowest BCUT2D eigenvalue weighted by Crippen LogP contribution is -2.14. The molecule has 0 aromatic heterocycles. The molecular weight excluding hydrogens is 124 g/mol. The highest BCUT2D eigenvalue weighted by molar-refractivity contribution is 5.89. The maximum absolute atomic E-state index is 11.3. The van der Waals surface area contributed by atoms with Crippen LogP contribution >= 0.6 is 0 Å². The predicted octanol–water partition coefficient (Wildman–Crippen LogP) is 1.64. The fourth-order valence-electron chi connectivity index (χ4n) is 2.31. The Bertz CT molecular complexity index is 205. The molecule has 0 aromatic rings. The number of fused-ring (bicyclic) bond motifs is 2. The lowest BCUT2D eigenvalue weighted by molar-refractivity contribution is -0.123. The van der Waals surface area contributed by atoms with Crippen LogP contribution in [-0.4, -0.2) is 5.78 Å². The SMILES string of the molecule is C[C@H]1[C@H]2C=C[C@@H]1C(=O)[C@H]2C. The minimum Gasteiger partial charge on any atom is -0.299 e. The normalized spacial score (nSPS) is 50.8. The molecular formula is C9H12O. The highest BCUT2D eigenvalue weighted by Gasteiger charge is 2.46. The molecule has 1 saturated carbocycles. The number of carbonyl (C=O) groups is 1. The second-order valence-electron chi connectivity index (χ2n) is 3.54. The van der Waals surface area contributed by atoms with Gasteiger partial charge < -0.3 is 0 Å². The van der Waals surface area contributed by atoms with Gasteiger partial charge in [0.2, 0.25) is 0 Å². The van der Waals surface area contributed by atoms with Gasteiger partial charge in [0.1, 0.15) is 5.78 Å². The summed E-state index contributed by atoms with van der Waals surface area (Å²) in [5, 5.41) is 0. The molecule has 0 radical (unpaired) electrons. The van der Waals surface area contributed by atoms with Crippen LogP contribution in [0.25, 0.3) is 0 Å². The molecule has 2 aliphatic rings. The number of hydrogen-bond acceptors (Lipinski definition) is 1. The Labute approximate surface area is 61.1 Å². The summed E-state index contributed by atoms with van der Waals surface area (Å²) in [4.78, 5) is 11.3. The molecule has 0 amide bonds. The van der Waals surface area contributed by atoms with Gasteiger partial charge in [-0.25, -0.2) is 0 Å². The van der Waals surface area contributed by atoms with Gasteiger partial charge in [0.25, 0.3) is 0 Å². The second kappa shape index (κ2) is 1.71. The molecule has 2 bridgehead atoms. The predicted molar refractivity (Wildman–Crippen MR) is 39.5 cm³/mol. The molecule has 0 heterocycles. The summed E-state index contributed by atoms with van der Waals surface area (Å²) in [6.07, 6.45) is 4.29. The Balaban J connectivity index is 2.38. The van der Waals surface area contributed by atoms with Gasteiger partial charge in [0, 0.05) is 11.8 Å². The summed E-state index contributed by atoms with van der Waals surface area (Å²) in [6.45, 7) is 4.23. The van der Waals surface area contributed by atoms with Crippen LogP contribution in [0.1, 0.15) is 13.8 Å². The third kappa shape index (κ3) is 0.511. The lowest BCUT2D eigenvalue weighted by Gasteiger charge is -2.10. The first-order valence-corrected chi connectivity index (χ1v) is 3.94. The molecule has 2 aliphatic carbocycles. The standard InChI is InChI=1S/C9H12O/c1-5-7-3-4-8(5)9(10)6(7)2/h3-8H,1-2H3/t5-,6-,7+,8-/m0/s1. The third-order valence-electron chi connectivity index (χ3n) is 3.07. The maximum atomic E-state index is 11.3. The first-order valence-electron chi connectivity index (χ1n) is 3.94. The summed E-state index contributed by atoms with van der Waals surface area (Å²) in [7, 11) is 0. The molecule has 0 N–H and O–H groups in total. The molecule has 10 heavy (non-hydrogen) atoms. The van der Waals surface area contributed by atoms with E-state index in [-0.39, 0.29) is 5.92 Å². The first-order chi connectivity index (χ1) is 4.72. The summed E-state index contributed by atoms with van der Waals surface area (Å²) in [5.41, 5.74) is 0. The van der Waals surface area contributed by atoms with Gasteiger partial charge in [0.15, 0.2) is 0 Å². The van der Waals surface area contributed by atoms with Gasteiger partial charge in [-0.3, -0.25) is 4.79 Å². The van der Waals surface area contributed by atoms with Crippen molar-refractivity contribution in [1.82, 2.24) is 0 Å². The van der Waals surface area contributed by atoms with Crippen molar-refractivity contribution in [2.24, 2.45) is 23.7 Å². The smallest absolute Gasteiger partial charge is 0.143 e. The van der Waals surface area contributed by atoms with Crippen molar-refractivity contribution in [2.75, 3.05) is 0 Å². The molecule has 1 nitrogen and oxygen atoms in total. The van der Waals surface area contributed by atoms with Crippen LogP contribution in [-0.2, 0) is 4.79 Å². The van der Waals surface area contributed by atoms with Crippen LogP contribution in [0.4, 0.5) is 0 Å². The van der Waals surface area contributed by atoms with E-state index >= 15 is 0 Å². The van der Waals surface area contributed by atoms with E-state index in [1.165, 1.54) is 0 Å². The van der Waals surface area contributed by atoms with Crippen molar-refractivity contribution in [1.29, 1.82) is 0 Å². The van der Waals surface area contributed by atoms with Gasteiger partial charge in [-0.05, 0) is 11.8 Å². The van der Waals surface area contributed by atoms with Crippen LogP contribution in [0, 0.1) is 23.7 Å². The Morgan fingerprint density at radius 3 is 2.30 bits per heavy atom. The van der Waals surface area contributed by atoms with Crippen molar-refractivity contribution in [2.45, 2.75) is 13.8 Å². The minimum atomic E-state index is 0.264. The Morgan fingerprint density at radius 1 is 1.30 bits per heavy atom. The zero-order chi connectivity index (χ0) is 7.30. The monoisotopic (exact) mass is 136 g/mol. The van der Waals surface area contributed by atoms with Crippen molar-refractivity contribution in [3.63, 3.8) is 0 Å². The van der Waals surface area contributed by atoms with E-state index in [1.807, 2.05) is 6.92 Å². The van der Waals surface area contributed by atoms with Crippen LogP contribution in [0.5, 0.6) is 0 Å². The summed E-state index contributed by atoms with van der Waals surface area (Å²) in [5.74, 6) is 2.16. The molecule has 1 heteroatoms. The van der Waals surface area contributed by atoms with Crippen molar-refractivity contribution < 1.29 is 4.79 Å². The zero-order valence-corrected chi connectivity index (χ0v) is 6.37. The fourth-order valence-corrected chi connectivity index (χ4v) is 2.31. The number of carbonyl (C=O) groups excluding carboxylic acids is 1. The van der Waals surface area contributed by atoms with E-state index < -0.39 is 0 Å². The Hall–Kier alpha value is -0.590. The van der Waals surface area contributed by atoms with E-state index in [1.54, 1.807) is 0 Å². The quantitative estimate of drug-likeness (QED) is 0.463. The molecule has 1 fully saturated rings. The summed E-state index contributed by atoms with van der Waals surface area (Å²) in [6, 6.07) is 0. The van der Waals surface area contributed by atoms with Crippen LogP contribution in [0.15, 0.2) is 12.2 Å². The average molecular weight is 136 g/mol. The van der Waals surface area contributed by atoms with E-state index in [0.29, 0.717) is 23.5 Å². The van der Waals surface area contributed by atoms with Gasteiger partial charge in [-0.15, -0.1) is 0 Å². The number of ketones is 1. The van der Waals surface area contributed by atoms with Gasteiger partial charge in [-0.1, -0.05) is 26.0 Å². The van der Waals surface area contributed by atoms with E-state index in [9.17, 15) is 4.79 Å². The number of rotatable bonds is 0. The van der Waals surface area contributed by atoms with E-state index in [4.69, 9.17) is 0 Å².